The van der Waals surface area contributed by atoms with Crippen molar-refractivity contribution in [2.45, 2.75) is 38.1 Å². The van der Waals surface area contributed by atoms with Crippen molar-refractivity contribution < 1.29 is 18.0 Å². The molecule has 0 spiro atoms. The van der Waals surface area contributed by atoms with Gasteiger partial charge < -0.3 is 10.6 Å². The Kier molecular flexibility index (Phi) is 4.32. The lowest BCUT2D eigenvalue weighted by Crippen LogP contribution is -2.50. The Labute approximate surface area is 115 Å². The van der Waals surface area contributed by atoms with Gasteiger partial charge in [-0.2, -0.15) is 0 Å². The van der Waals surface area contributed by atoms with Gasteiger partial charge in [0.25, 0.3) is 0 Å². The van der Waals surface area contributed by atoms with Crippen molar-refractivity contribution in [3.63, 3.8) is 0 Å². The normalized spacial score (nSPS) is 22.0. The van der Waals surface area contributed by atoms with E-state index in [-0.39, 0.29) is 5.69 Å². The predicted molar refractivity (Wildman–Crippen MR) is 69.8 cm³/mol. The minimum Gasteiger partial charge on any atom is -0.322 e. The molecule has 1 saturated heterocycles. The first-order chi connectivity index (χ1) is 9.48. The summed E-state index contributed by atoms with van der Waals surface area (Å²) >= 11 is 0. The average molecular weight is 286 g/mol. The number of benzene rings is 1. The Morgan fingerprint density at radius 3 is 2.60 bits per heavy atom. The Balaban J connectivity index is 2.20. The van der Waals surface area contributed by atoms with E-state index in [0.717, 1.165) is 12.8 Å². The van der Waals surface area contributed by atoms with Crippen LogP contribution in [0.1, 0.15) is 32.6 Å². The number of nitrogens with one attached hydrogen (secondary N) is 2. The van der Waals surface area contributed by atoms with E-state index in [9.17, 15) is 18.0 Å². The first-order valence-corrected chi connectivity index (χ1v) is 6.69. The Hall–Kier alpha value is -1.56. The van der Waals surface area contributed by atoms with Crippen LogP contribution in [0.25, 0.3) is 0 Å². The van der Waals surface area contributed by atoms with Crippen LogP contribution >= 0.6 is 0 Å². The van der Waals surface area contributed by atoms with Gasteiger partial charge in [0.2, 0.25) is 5.91 Å². The molecule has 0 radical (unpaired) electrons. The maximum Gasteiger partial charge on any atom is 0.244 e. The van der Waals surface area contributed by atoms with Crippen LogP contribution in [-0.4, -0.2) is 18.0 Å². The molecule has 6 heteroatoms. The van der Waals surface area contributed by atoms with Crippen molar-refractivity contribution in [2.24, 2.45) is 0 Å². The molecule has 3 nitrogen and oxygen atoms in total. The molecule has 1 unspecified atom stereocenters. The monoisotopic (exact) mass is 286 g/mol. The average Bonchev–Trinajstić information content (AvgIpc) is 2.86. The molecule has 2 rings (SSSR count). The third-order valence-electron chi connectivity index (χ3n) is 3.61. The van der Waals surface area contributed by atoms with E-state index in [4.69, 9.17) is 0 Å². The number of halogens is 3. The number of hydrogen-bond acceptors (Lipinski definition) is 2. The lowest BCUT2D eigenvalue weighted by Gasteiger charge is -2.27. The van der Waals surface area contributed by atoms with Crippen molar-refractivity contribution >= 4 is 11.6 Å². The quantitative estimate of drug-likeness (QED) is 0.836. The zero-order valence-electron chi connectivity index (χ0n) is 11.2. The standard InChI is InChI=1S/C14H17F3N2O/c1-2-4-14(5-3-6-18-14)13(20)19-12-8-10(16)9(15)7-11(12)17/h7-8,18H,2-6H2,1H3,(H,19,20). The lowest BCUT2D eigenvalue weighted by molar-refractivity contribution is -0.122. The minimum atomic E-state index is -1.28. The molecular weight excluding hydrogens is 269 g/mol. The fourth-order valence-electron chi connectivity index (χ4n) is 2.61. The molecule has 110 valence electrons. The van der Waals surface area contributed by atoms with Gasteiger partial charge in [-0.25, -0.2) is 13.2 Å². The van der Waals surface area contributed by atoms with E-state index in [0.29, 0.717) is 31.5 Å². The van der Waals surface area contributed by atoms with E-state index in [1.54, 1.807) is 0 Å². The first-order valence-electron chi connectivity index (χ1n) is 6.69. The molecule has 1 aliphatic heterocycles. The predicted octanol–water partition coefficient (Wildman–Crippen LogP) is 2.96. The van der Waals surface area contributed by atoms with E-state index in [1.807, 2.05) is 6.92 Å². The smallest absolute Gasteiger partial charge is 0.244 e. The molecule has 1 fully saturated rings. The number of amides is 1. The summed E-state index contributed by atoms with van der Waals surface area (Å²) in [7, 11) is 0. The van der Waals surface area contributed by atoms with Crippen LogP contribution in [0.3, 0.4) is 0 Å². The lowest BCUT2D eigenvalue weighted by atomic mass is 9.90. The second-order valence-electron chi connectivity index (χ2n) is 5.06. The van der Waals surface area contributed by atoms with Crippen LogP contribution < -0.4 is 10.6 Å². The highest BCUT2D eigenvalue weighted by atomic mass is 19.2. The highest BCUT2D eigenvalue weighted by Crippen LogP contribution is 2.27. The highest BCUT2D eigenvalue weighted by molar-refractivity contribution is 5.98. The SMILES string of the molecule is CCCC1(C(=O)Nc2cc(F)c(F)cc2F)CCCN1. The van der Waals surface area contributed by atoms with Gasteiger partial charge in [0.05, 0.1) is 11.2 Å². The van der Waals surface area contributed by atoms with Crippen molar-refractivity contribution in [3.05, 3.63) is 29.6 Å². The van der Waals surface area contributed by atoms with Crippen LogP contribution in [0, 0.1) is 17.5 Å². The number of carbonyl (C=O) groups excluding carboxylic acids is 1. The summed E-state index contributed by atoms with van der Waals surface area (Å²) in [6, 6.07) is 1.09. The molecule has 2 N–H and O–H groups in total. The molecule has 1 heterocycles. The topological polar surface area (TPSA) is 41.1 Å². The van der Waals surface area contributed by atoms with Gasteiger partial charge in [-0.1, -0.05) is 13.3 Å². The van der Waals surface area contributed by atoms with E-state index >= 15 is 0 Å². The summed E-state index contributed by atoms with van der Waals surface area (Å²) in [4.78, 5) is 12.3. The Bertz CT molecular complexity index is 513. The van der Waals surface area contributed by atoms with Gasteiger partial charge >= 0.3 is 0 Å². The van der Waals surface area contributed by atoms with E-state index < -0.39 is 28.9 Å². The van der Waals surface area contributed by atoms with Gasteiger partial charge in [0.15, 0.2) is 11.6 Å². The maximum absolute atomic E-state index is 13.5. The fraction of sp³-hybridized carbons (Fsp3) is 0.500. The summed E-state index contributed by atoms with van der Waals surface area (Å²) in [5, 5.41) is 5.50. The zero-order chi connectivity index (χ0) is 14.8. The minimum absolute atomic E-state index is 0.335. The zero-order valence-corrected chi connectivity index (χ0v) is 11.2. The Morgan fingerprint density at radius 1 is 1.30 bits per heavy atom. The first kappa shape index (κ1) is 14.8. The van der Waals surface area contributed by atoms with Gasteiger partial charge in [-0.15, -0.1) is 0 Å². The molecule has 1 aromatic rings. The molecular formula is C14H17F3N2O. The maximum atomic E-state index is 13.5. The summed E-state index contributed by atoms with van der Waals surface area (Å²) in [5.74, 6) is -3.85. The van der Waals surface area contributed by atoms with Crippen molar-refractivity contribution in [2.75, 3.05) is 11.9 Å². The van der Waals surface area contributed by atoms with Crippen LogP contribution in [0.4, 0.5) is 18.9 Å². The van der Waals surface area contributed by atoms with E-state index in [2.05, 4.69) is 10.6 Å². The third kappa shape index (κ3) is 2.80. The number of hydrogen-bond donors (Lipinski definition) is 2. The second kappa shape index (κ2) is 5.83. The molecule has 20 heavy (non-hydrogen) atoms. The van der Waals surface area contributed by atoms with Crippen LogP contribution in [0.2, 0.25) is 0 Å². The van der Waals surface area contributed by atoms with Gasteiger partial charge in [-0.05, 0) is 25.8 Å². The molecule has 1 amide bonds. The molecule has 0 aromatic heterocycles. The molecule has 1 aromatic carbocycles. The van der Waals surface area contributed by atoms with Crippen molar-refractivity contribution in [3.8, 4) is 0 Å². The largest absolute Gasteiger partial charge is 0.322 e. The molecule has 0 bridgehead atoms. The summed E-state index contributed by atoms with van der Waals surface area (Å²) < 4.78 is 39.5. The van der Waals surface area contributed by atoms with E-state index in [1.165, 1.54) is 0 Å². The number of carbonyl (C=O) groups is 1. The second-order valence-corrected chi connectivity index (χ2v) is 5.06. The van der Waals surface area contributed by atoms with Gasteiger partial charge in [0, 0.05) is 12.1 Å². The van der Waals surface area contributed by atoms with Crippen LogP contribution in [0.15, 0.2) is 12.1 Å². The number of anilines is 1. The molecule has 1 aliphatic rings. The third-order valence-corrected chi connectivity index (χ3v) is 3.61. The number of rotatable bonds is 4. The van der Waals surface area contributed by atoms with Crippen LogP contribution in [-0.2, 0) is 4.79 Å². The molecule has 0 aliphatic carbocycles. The highest BCUT2D eigenvalue weighted by Gasteiger charge is 2.40. The van der Waals surface area contributed by atoms with Crippen molar-refractivity contribution in [1.82, 2.24) is 5.32 Å². The fourth-order valence-corrected chi connectivity index (χ4v) is 2.61. The molecule has 1 atom stereocenters. The Morgan fingerprint density at radius 2 is 2.00 bits per heavy atom. The van der Waals surface area contributed by atoms with Crippen LogP contribution in [0.5, 0.6) is 0 Å². The summed E-state index contributed by atoms with van der Waals surface area (Å²) in [5.41, 5.74) is -1.08. The van der Waals surface area contributed by atoms with Gasteiger partial charge in [-0.3, -0.25) is 4.79 Å². The molecule has 0 saturated carbocycles. The summed E-state index contributed by atoms with van der Waals surface area (Å²) in [6.45, 7) is 2.67. The summed E-state index contributed by atoms with van der Waals surface area (Å²) in [6.07, 6.45) is 2.91. The van der Waals surface area contributed by atoms with Gasteiger partial charge in [0.1, 0.15) is 5.82 Å². The van der Waals surface area contributed by atoms with Crippen molar-refractivity contribution in [1.29, 1.82) is 0 Å².